The number of nitrogens with zero attached hydrogens (tertiary/aromatic N) is 3. The maximum Gasteiger partial charge on any atom is 0.271 e. The SMILES string of the molecule is CCN(CC)C(=O)C1=C(C)N=c2s/c(=C/c3ccc(-c4ccc(Cl)cc4)o3)c(=O)n2[C@H]1c1c(OC)ccc2ccccc12. The Balaban J connectivity index is 1.58. The molecule has 5 aromatic rings. The van der Waals surface area contributed by atoms with Crippen LogP contribution >= 0.6 is 22.9 Å². The van der Waals surface area contributed by atoms with Gasteiger partial charge in [0.1, 0.15) is 23.3 Å². The third-order valence-corrected chi connectivity index (χ3v) is 8.99. The lowest BCUT2D eigenvalue weighted by molar-refractivity contribution is -0.127. The maximum atomic E-state index is 14.3. The van der Waals surface area contributed by atoms with Gasteiger partial charge in [0, 0.05) is 35.3 Å². The van der Waals surface area contributed by atoms with Crippen LogP contribution in [0.4, 0.5) is 0 Å². The monoisotopic (exact) mass is 611 g/mol. The zero-order valence-electron chi connectivity index (χ0n) is 24.3. The molecule has 1 aliphatic rings. The number of hydrogen-bond donors (Lipinski definition) is 0. The Labute approximate surface area is 257 Å². The van der Waals surface area contributed by atoms with Gasteiger partial charge in [-0.3, -0.25) is 14.2 Å². The molecule has 0 fully saturated rings. The third-order valence-electron chi connectivity index (χ3n) is 7.76. The van der Waals surface area contributed by atoms with Gasteiger partial charge in [0.2, 0.25) is 0 Å². The molecule has 218 valence electrons. The Kier molecular flexibility index (Phi) is 7.81. The summed E-state index contributed by atoms with van der Waals surface area (Å²) in [5.74, 6) is 1.64. The van der Waals surface area contributed by atoms with Crippen LogP contribution in [0, 0.1) is 0 Å². The fourth-order valence-electron chi connectivity index (χ4n) is 5.61. The second kappa shape index (κ2) is 11.7. The van der Waals surface area contributed by atoms with E-state index in [0.29, 0.717) is 56.0 Å². The Bertz CT molecular complexity index is 2070. The topological polar surface area (TPSA) is 77.0 Å². The van der Waals surface area contributed by atoms with E-state index in [9.17, 15) is 9.59 Å². The van der Waals surface area contributed by atoms with Crippen molar-refractivity contribution < 1.29 is 13.9 Å². The number of thiazole rings is 1. The molecule has 43 heavy (non-hydrogen) atoms. The van der Waals surface area contributed by atoms with Gasteiger partial charge in [0.15, 0.2) is 4.80 Å². The lowest BCUT2D eigenvalue weighted by atomic mass is 9.90. The van der Waals surface area contributed by atoms with E-state index < -0.39 is 6.04 Å². The first-order valence-electron chi connectivity index (χ1n) is 14.1. The zero-order chi connectivity index (χ0) is 30.2. The summed E-state index contributed by atoms with van der Waals surface area (Å²) in [6.45, 7) is 6.79. The number of benzene rings is 3. The predicted octanol–water partition coefficient (Wildman–Crippen LogP) is 6.18. The normalized spacial score (nSPS) is 15.0. The number of carbonyl (C=O) groups is 1. The molecule has 1 atom stereocenters. The molecule has 0 N–H and O–H groups in total. The Hall–Kier alpha value is -4.40. The number of aromatic nitrogens is 1. The number of amides is 1. The maximum absolute atomic E-state index is 14.3. The van der Waals surface area contributed by atoms with Gasteiger partial charge in [-0.15, -0.1) is 0 Å². The van der Waals surface area contributed by atoms with Gasteiger partial charge >= 0.3 is 0 Å². The number of rotatable bonds is 7. The minimum atomic E-state index is -0.742. The number of carbonyl (C=O) groups excluding carboxylic acids is 1. The van der Waals surface area contributed by atoms with Crippen molar-refractivity contribution >= 4 is 45.7 Å². The highest BCUT2D eigenvalue weighted by Crippen LogP contribution is 2.40. The van der Waals surface area contributed by atoms with Crippen LogP contribution in [0.1, 0.15) is 38.1 Å². The summed E-state index contributed by atoms with van der Waals surface area (Å²) in [4.78, 5) is 35.4. The molecule has 0 radical (unpaired) electrons. The smallest absolute Gasteiger partial charge is 0.271 e. The van der Waals surface area contributed by atoms with Crippen molar-refractivity contribution in [1.82, 2.24) is 9.47 Å². The van der Waals surface area contributed by atoms with E-state index in [-0.39, 0.29) is 11.5 Å². The molecule has 0 bridgehead atoms. The number of fused-ring (bicyclic) bond motifs is 2. The van der Waals surface area contributed by atoms with Gasteiger partial charge < -0.3 is 14.1 Å². The molecule has 6 rings (SSSR count). The van der Waals surface area contributed by atoms with Gasteiger partial charge in [0.05, 0.1) is 22.9 Å². The second-order valence-electron chi connectivity index (χ2n) is 10.2. The van der Waals surface area contributed by atoms with E-state index in [0.717, 1.165) is 21.9 Å². The van der Waals surface area contributed by atoms with Crippen LogP contribution in [-0.4, -0.2) is 35.6 Å². The van der Waals surface area contributed by atoms with Crippen LogP contribution < -0.4 is 19.6 Å². The van der Waals surface area contributed by atoms with Crippen molar-refractivity contribution in [2.24, 2.45) is 4.99 Å². The average Bonchev–Trinajstić information content (AvgIpc) is 3.60. The summed E-state index contributed by atoms with van der Waals surface area (Å²) in [7, 11) is 1.61. The van der Waals surface area contributed by atoms with Crippen molar-refractivity contribution in [2.75, 3.05) is 20.2 Å². The minimum absolute atomic E-state index is 0.154. The number of hydrogen-bond acceptors (Lipinski definition) is 6. The largest absolute Gasteiger partial charge is 0.496 e. The molecule has 7 nitrogen and oxygen atoms in total. The van der Waals surface area contributed by atoms with Gasteiger partial charge in [-0.2, -0.15) is 0 Å². The highest BCUT2D eigenvalue weighted by Gasteiger charge is 2.36. The molecular formula is C34H30ClN3O4S. The number of halogens is 1. The Morgan fingerprint density at radius 3 is 2.53 bits per heavy atom. The van der Waals surface area contributed by atoms with Crippen molar-refractivity contribution in [3.8, 4) is 17.1 Å². The van der Waals surface area contributed by atoms with E-state index in [1.165, 1.54) is 11.3 Å². The van der Waals surface area contributed by atoms with Crippen LogP contribution in [0.25, 0.3) is 28.2 Å². The van der Waals surface area contributed by atoms with Crippen molar-refractivity contribution in [1.29, 1.82) is 0 Å². The molecule has 2 aromatic heterocycles. The fraction of sp³-hybridized carbons (Fsp3) is 0.206. The van der Waals surface area contributed by atoms with Crippen molar-refractivity contribution in [3.05, 3.63) is 120 Å². The number of likely N-dealkylation sites (N-methyl/N-ethyl adjacent to an activating group) is 1. The molecule has 9 heteroatoms. The molecule has 0 saturated carbocycles. The molecule has 0 aliphatic carbocycles. The van der Waals surface area contributed by atoms with Gasteiger partial charge in [-0.25, -0.2) is 4.99 Å². The van der Waals surface area contributed by atoms with Crippen LogP contribution in [0.15, 0.2) is 98.3 Å². The van der Waals surface area contributed by atoms with E-state index >= 15 is 0 Å². The van der Waals surface area contributed by atoms with E-state index in [1.807, 2.05) is 81.4 Å². The van der Waals surface area contributed by atoms with Crippen LogP contribution in [0.2, 0.25) is 5.02 Å². The lowest BCUT2D eigenvalue weighted by Gasteiger charge is -2.30. The first kappa shape index (κ1) is 28.7. The standard InChI is InChI=1S/C34H30ClN3O4S/c1-5-37(6-2)33(40)29-20(3)36-34-38(31(29)30-25-10-8-7-9-21(25)13-17-27(30)41-4)32(39)28(43-34)19-24-16-18-26(42-24)22-11-14-23(35)15-12-22/h7-19,31H,5-6H2,1-4H3/b28-19+/t31-/m1/s1. The average molecular weight is 612 g/mol. The summed E-state index contributed by atoms with van der Waals surface area (Å²) in [5, 5.41) is 2.53. The zero-order valence-corrected chi connectivity index (χ0v) is 25.8. The molecule has 0 saturated heterocycles. The summed E-state index contributed by atoms with van der Waals surface area (Å²) in [6.07, 6.45) is 1.73. The Morgan fingerprint density at radius 2 is 1.81 bits per heavy atom. The molecular weight excluding hydrogens is 582 g/mol. The van der Waals surface area contributed by atoms with Crippen LogP contribution in [0.5, 0.6) is 5.75 Å². The molecule has 1 amide bonds. The highest BCUT2D eigenvalue weighted by molar-refractivity contribution is 7.07. The predicted molar refractivity (Wildman–Crippen MR) is 171 cm³/mol. The molecule has 3 heterocycles. The first-order chi connectivity index (χ1) is 20.8. The van der Waals surface area contributed by atoms with E-state index in [4.69, 9.17) is 25.7 Å². The summed E-state index contributed by atoms with van der Waals surface area (Å²) >= 11 is 7.31. The summed E-state index contributed by atoms with van der Waals surface area (Å²) in [5.41, 5.74) is 2.41. The van der Waals surface area contributed by atoms with E-state index in [1.54, 1.807) is 34.8 Å². The van der Waals surface area contributed by atoms with Gasteiger partial charge in [0.25, 0.3) is 11.5 Å². The number of ether oxygens (including phenoxy) is 1. The molecule has 0 unspecified atom stereocenters. The van der Waals surface area contributed by atoms with Gasteiger partial charge in [-0.05, 0) is 74.0 Å². The summed E-state index contributed by atoms with van der Waals surface area (Å²) < 4.78 is 14.0. The van der Waals surface area contributed by atoms with E-state index in [2.05, 4.69) is 0 Å². The number of allylic oxidation sites excluding steroid dienone is 1. The van der Waals surface area contributed by atoms with Crippen LogP contribution in [-0.2, 0) is 4.79 Å². The summed E-state index contributed by atoms with van der Waals surface area (Å²) in [6, 6.07) is 22.1. The first-order valence-corrected chi connectivity index (χ1v) is 15.3. The van der Waals surface area contributed by atoms with Crippen molar-refractivity contribution in [3.63, 3.8) is 0 Å². The lowest BCUT2D eigenvalue weighted by Crippen LogP contribution is -2.43. The molecule has 1 aliphatic heterocycles. The molecule has 0 spiro atoms. The van der Waals surface area contributed by atoms with Crippen LogP contribution in [0.3, 0.4) is 0 Å². The molecule has 3 aromatic carbocycles. The Morgan fingerprint density at radius 1 is 1.07 bits per heavy atom. The number of furan rings is 1. The second-order valence-corrected chi connectivity index (χ2v) is 11.6. The van der Waals surface area contributed by atoms with Crippen molar-refractivity contribution in [2.45, 2.75) is 26.8 Å². The quantitative estimate of drug-likeness (QED) is 0.220. The minimum Gasteiger partial charge on any atom is -0.496 e. The fourth-order valence-corrected chi connectivity index (χ4v) is 6.77. The number of methoxy groups -OCH3 is 1. The third kappa shape index (κ3) is 5.11. The van der Waals surface area contributed by atoms with Gasteiger partial charge in [-0.1, -0.05) is 53.3 Å². The highest BCUT2D eigenvalue weighted by atomic mass is 35.5.